The van der Waals surface area contributed by atoms with Gasteiger partial charge in [0.2, 0.25) is 0 Å². The molecule has 0 spiro atoms. The molecule has 1 heterocycles. The van der Waals surface area contributed by atoms with Crippen molar-refractivity contribution in [2.75, 3.05) is 12.4 Å². The Labute approximate surface area is 109 Å². The molecule has 18 heavy (non-hydrogen) atoms. The lowest BCUT2D eigenvalue weighted by molar-refractivity contribution is 0.102. The highest BCUT2D eigenvalue weighted by Crippen LogP contribution is 2.27. The molecule has 0 aliphatic rings. The van der Waals surface area contributed by atoms with E-state index in [1.807, 2.05) is 0 Å². The van der Waals surface area contributed by atoms with E-state index in [0.29, 0.717) is 16.5 Å². The zero-order valence-electron chi connectivity index (χ0n) is 9.85. The van der Waals surface area contributed by atoms with E-state index in [0.717, 1.165) is 0 Å². The third-order valence-electron chi connectivity index (χ3n) is 2.24. The lowest BCUT2D eigenvalue weighted by Gasteiger charge is -2.09. The summed E-state index contributed by atoms with van der Waals surface area (Å²) in [6.45, 7) is 0. The molecule has 0 unspecified atom stereocenters. The zero-order valence-corrected chi connectivity index (χ0v) is 10.6. The van der Waals surface area contributed by atoms with E-state index in [1.54, 1.807) is 25.2 Å². The van der Waals surface area contributed by atoms with Crippen LogP contribution in [0.15, 0.2) is 24.4 Å². The standard InChI is InChI=1S/C11H11ClN4O2/c1-16-13-6-9(15-16)11(17)14-8-5-7(12)3-4-10(8)18-2/h3-6H,1-2H3,(H,14,17). The van der Waals surface area contributed by atoms with Crippen molar-refractivity contribution in [1.29, 1.82) is 0 Å². The average molecular weight is 267 g/mol. The topological polar surface area (TPSA) is 69.0 Å². The van der Waals surface area contributed by atoms with Crippen molar-refractivity contribution < 1.29 is 9.53 Å². The number of rotatable bonds is 3. The van der Waals surface area contributed by atoms with Crippen LogP contribution in [0.3, 0.4) is 0 Å². The summed E-state index contributed by atoms with van der Waals surface area (Å²) < 4.78 is 5.13. The minimum absolute atomic E-state index is 0.222. The lowest BCUT2D eigenvalue weighted by Crippen LogP contribution is -2.13. The smallest absolute Gasteiger partial charge is 0.277 e. The van der Waals surface area contributed by atoms with Gasteiger partial charge < -0.3 is 10.1 Å². The van der Waals surface area contributed by atoms with Crippen LogP contribution in [0.4, 0.5) is 5.69 Å². The third-order valence-corrected chi connectivity index (χ3v) is 2.48. The molecule has 0 atom stereocenters. The second kappa shape index (κ2) is 5.05. The largest absolute Gasteiger partial charge is 0.495 e. The molecule has 94 valence electrons. The molecule has 1 amide bonds. The van der Waals surface area contributed by atoms with Gasteiger partial charge in [0.15, 0.2) is 5.69 Å². The number of nitrogens with zero attached hydrogens (tertiary/aromatic N) is 3. The number of halogens is 1. The number of carbonyl (C=O) groups excluding carboxylic acids is 1. The van der Waals surface area contributed by atoms with Gasteiger partial charge in [-0.3, -0.25) is 4.79 Å². The molecular weight excluding hydrogens is 256 g/mol. The molecule has 0 aliphatic heterocycles. The highest BCUT2D eigenvalue weighted by atomic mass is 35.5. The number of methoxy groups -OCH3 is 1. The fraction of sp³-hybridized carbons (Fsp3) is 0.182. The Morgan fingerprint density at radius 3 is 2.89 bits per heavy atom. The normalized spacial score (nSPS) is 10.2. The van der Waals surface area contributed by atoms with Gasteiger partial charge in [-0.05, 0) is 18.2 Å². The van der Waals surface area contributed by atoms with E-state index in [-0.39, 0.29) is 11.6 Å². The van der Waals surface area contributed by atoms with Gasteiger partial charge in [0.25, 0.3) is 5.91 Å². The molecule has 6 nitrogen and oxygen atoms in total. The first-order chi connectivity index (χ1) is 8.60. The van der Waals surface area contributed by atoms with Crippen LogP contribution in [0, 0.1) is 0 Å². The molecule has 2 rings (SSSR count). The lowest BCUT2D eigenvalue weighted by atomic mass is 10.3. The van der Waals surface area contributed by atoms with Crippen molar-refractivity contribution in [3.05, 3.63) is 35.1 Å². The molecule has 7 heteroatoms. The Kier molecular flexibility index (Phi) is 3.47. The molecule has 1 N–H and O–H groups in total. The molecular formula is C11H11ClN4O2. The van der Waals surface area contributed by atoms with Crippen LogP contribution in [0.1, 0.15) is 10.5 Å². The first-order valence-electron chi connectivity index (χ1n) is 5.11. The summed E-state index contributed by atoms with van der Waals surface area (Å²) >= 11 is 5.87. The summed E-state index contributed by atoms with van der Waals surface area (Å²) in [7, 11) is 3.15. The van der Waals surface area contributed by atoms with E-state index in [4.69, 9.17) is 16.3 Å². The number of benzene rings is 1. The maximum atomic E-state index is 11.9. The van der Waals surface area contributed by atoms with Gasteiger partial charge in [0.1, 0.15) is 5.75 Å². The van der Waals surface area contributed by atoms with Crippen LogP contribution in [0.5, 0.6) is 5.75 Å². The number of aryl methyl sites for hydroxylation is 1. The predicted octanol–water partition coefficient (Wildman–Crippen LogP) is 1.73. The van der Waals surface area contributed by atoms with E-state index in [1.165, 1.54) is 18.1 Å². The van der Waals surface area contributed by atoms with Crippen molar-refractivity contribution in [3.63, 3.8) is 0 Å². The SMILES string of the molecule is COc1ccc(Cl)cc1NC(=O)c1cnn(C)n1. The van der Waals surface area contributed by atoms with Gasteiger partial charge in [-0.25, -0.2) is 0 Å². The van der Waals surface area contributed by atoms with Crippen LogP contribution in [0.2, 0.25) is 5.02 Å². The highest BCUT2D eigenvalue weighted by molar-refractivity contribution is 6.31. The van der Waals surface area contributed by atoms with Crippen LogP contribution < -0.4 is 10.1 Å². The van der Waals surface area contributed by atoms with E-state index >= 15 is 0 Å². The molecule has 1 aromatic carbocycles. The first-order valence-corrected chi connectivity index (χ1v) is 5.49. The van der Waals surface area contributed by atoms with Gasteiger partial charge >= 0.3 is 0 Å². The molecule has 0 bridgehead atoms. The van der Waals surface area contributed by atoms with Crippen molar-refractivity contribution >= 4 is 23.2 Å². The number of hydrogen-bond donors (Lipinski definition) is 1. The number of hydrogen-bond acceptors (Lipinski definition) is 4. The highest BCUT2D eigenvalue weighted by Gasteiger charge is 2.13. The predicted molar refractivity (Wildman–Crippen MR) is 67.0 cm³/mol. The van der Waals surface area contributed by atoms with Crippen molar-refractivity contribution in [1.82, 2.24) is 15.0 Å². The third kappa shape index (κ3) is 2.60. The second-order valence-corrected chi connectivity index (χ2v) is 3.95. The Morgan fingerprint density at radius 1 is 1.50 bits per heavy atom. The van der Waals surface area contributed by atoms with E-state index in [2.05, 4.69) is 15.5 Å². The summed E-state index contributed by atoms with van der Waals surface area (Å²) in [6, 6.07) is 4.96. The molecule has 0 saturated carbocycles. The van der Waals surface area contributed by atoms with Crippen LogP contribution in [0.25, 0.3) is 0 Å². The van der Waals surface area contributed by atoms with Gasteiger partial charge in [-0.2, -0.15) is 9.90 Å². The summed E-state index contributed by atoms with van der Waals surface area (Å²) in [5.41, 5.74) is 0.709. The minimum Gasteiger partial charge on any atom is -0.495 e. The number of ether oxygens (including phenoxy) is 1. The summed E-state index contributed by atoms with van der Waals surface area (Å²) in [4.78, 5) is 13.2. The second-order valence-electron chi connectivity index (χ2n) is 3.52. The van der Waals surface area contributed by atoms with Gasteiger partial charge in [0.05, 0.1) is 19.0 Å². The molecule has 0 aliphatic carbocycles. The Morgan fingerprint density at radius 2 is 2.28 bits per heavy atom. The Hall–Kier alpha value is -2.08. The number of amides is 1. The zero-order chi connectivity index (χ0) is 13.1. The molecule has 0 radical (unpaired) electrons. The van der Waals surface area contributed by atoms with Crippen molar-refractivity contribution in [2.24, 2.45) is 7.05 Å². The van der Waals surface area contributed by atoms with Crippen LogP contribution in [-0.4, -0.2) is 28.0 Å². The maximum Gasteiger partial charge on any atom is 0.277 e. The average Bonchev–Trinajstić information content (AvgIpc) is 2.76. The Balaban J connectivity index is 2.23. The monoisotopic (exact) mass is 266 g/mol. The quantitative estimate of drug-likeness (QED) is 0.919. The molecule has 2 aromatic rings. The maximum absolute atomic E-state index is 11.9. The van der Waals surface area contributed by atoms with E-state index < -0.39 is 0 Å². The van der Waals surface area contributed by atoms with Crippen molar-refractivity contribution in [2.45, 2.75) is 0 Å². The van der Waals surface area contributed by atoms with E-state index in [9.17, 15) is 4.79 Å². The summed E-state index contributed by atoms with van der Waals surface area (Å²) in [5, 5.41) is 10.9. The number of anilines is 1. The number of aromatic nitrogens is 3. The van der Waals surface area contributed by atoms with Crippen LogP contribution >= 0.6 is 11.6 Å². The molecule has 0 saturated heterocycles. The summed E-state index contributed by atoms with van der Waals surface area (Å²) in [6.07, 6.45) is 1.38. The van der Waals surface area contributed by atoms with Crippen LogP contribution in [-0.2, 0) is 7.05 Å². The van der Waals surface area contributed by atoms with Gasteiger partial charge in [0, 0.05) is 12.1 Å². The molecule has 1 aromatic heterocycles. The fourth-order valence-electron chi connectivity index (χ4n) is 1.41. The number of carbonyl (C=O) groups is 1. The number of nitrogens with one attached hydrogen (secondary N) is 1. The van der Waals surface area contributed by atoms with Crippen molar-refractivity contribution in [3.8, 4) is 5.75 Å². The summed E-state index contributed by atoms with van der Waals surface area (Å²) in [5.74, 6) is 0.153. The fourth-order valence-corrected chi connectivity index (χ4v) is 1.59. The Bertz CT molecular complexity index is 582. The van der Waals surface area contributed by atoms with Gasteiger partial charge in [-0.15, -0.1) is 5.10 Å². The molecule has 0 fully saturated rings. The first kappa shape index (κ1) is 12.4. The minimum atomic E-state index is -0.372. The van der Waals surface area contributed by atoms with Gasteiger partial charge in [-0.1, -0.05) is 11.6 Å².